The minimum absolute atomic E-state index is 0.109. The maximum atomic E-state index is 12.8. The van der Waals surface area contributed by atoms with Gasteiger partial charge in [-0.25, -0.2) is 0 Å². The Morgan fingerprint density at radius 3 is 2.89 bits per heavy atom. The van der Waals surface area contributed by atoms with Gasteiger partial charge in [-0.1, -0.05) is 29.8 Å². The van der Waals surface area contributed by atoms with E-state index in [9.17, 15) is 4.79 Å². The zero-order valence-electron chi connectivity index (χ0n) is 19.7. The lowest BCUT2D eigenvalue weighted by molar-refractivity contribution is -0.170. The van der Waals surface area contributed by atoms with Crippen molar-refractivity contribution in [1.82, 2.24) is 19.9 Å². The molecule has 1 N–H and O–H groups in total. The Balaban J connectivity index is 1.22. The summed E-state index contributed by atoms with van der Waals surface area (Å²) < 4.78 is 7.44. The van der Waals surface area contributed by atoms with Crippen molar-refractivity contribution in [3.63, 3.8) is 0 Å². The van der Waals surface area contributed by atoms with E-state index in [4.69, 9.17) is 21.2 Å². The van der Waals surface area contributed by atoms with E-state index in [2.05, 4.69) is 34.6 Å². The molecular weight excluding hydrogens is 464 g/mol. The second-order valence-electron chi connectivity index (χ2n) is 9.01. The van der Waals surface area contributed by atoms with Crippen LogP contribution in [0.25, 0.3) is 11.8 Å². The van der Waals surface area contributed by atoms with Crippen LogP contribution in [0.3, 0.4) is 0 Å². The van der Waals surface area contributed by atoms with Gasteiger partial charge in [0, 0.05) is 50.3 Å². The Hall–Kier alpha value is -2.97. The van der Waals surface area contributed by atoms with Gasteiger partial charge in [0.25, 0.3) is 5.56 Å². The van der Waals surface area contributed by atoms with Crippen LogP contribution in [0.5, 0.6) is 5.75 Å². The number of halogens is 1. The number of rotatable bonds is 7. The lowest BCUT2D eigenvalue weighted by atomic mass is 9.93. The van der Waals surface area contributed by atoms with Gasteiger partial charge in [-0.2, -0.15) is 5.06 Å². The van der Waals surface area contributed by atoms with E-state index in [0.29, 0.717) is 23.4 Å². The highest BCUT2D eigenvalue weighted by molar-refractivity contribution is 6.30. The van der Waals surface area contributed by atoms with Crippen molar-refractivity contribution in [1.29, 1.82) is 0 Å². The number of benzene rings is 1. The number of hydrogen-bond donors (Lipinski definition) is 1. The Bertz CT molecular complexity index is 1260. The Morgan fingerprint density at radius 1 is 1.20 bits per heavy atom. The lowest BCUT2D eigenvalue weighted by Gasteiger charge is -2.29. The smallest absolute Gasteiger partial charge is 0.258 e. The van der Waals surface area contributed by atoms with Crippen LogP contribution >= 0.6 is 11.6 Å². The van der Waals surface area contributed by atoms with Gasteiger partial charge in [-0.05, 0) is 60.2 Å². The van der Waals surface area contributed by atoms with E-state index < -0.39 is 0 Å². The zero-order valence-corrected chi connectivity index (χ0v) is 20.5. The van der Waals surface area contributed by atoms with Gasteiger partial charge >= 0.3 is 0 Å². The minimum Gasteiger partial charge on any atom is -0.487 e. The van der Waals surface area contributed by atoms with E-state index in [1.165, 1.54) is 22.8 Å². The highest BCUT2D eigenvalue weighted by Crippen LogP contribution is 2.27. The van der Waals surface area contributed by atoms with Gasteiger partial charge in [-0.15, -0.1) is 0 Å². The molecule has 1 fully saturated rings. The molecule has 3 aromatic rings. The first-order valence-corrected chi connectivity index (χ1v) is 12.3. The molecule has 1 atom stereocenters. The second kappa shape index (κ2) is 10.7. The van der Waals surface area contributed by atoms with Crippen LogP contribution in [0, 0.1) is 0 Å². The molecule has 3 heterocycles. The molecule has 35 heavy (non-hydrogen) atoms. The van der Waals surface area contributed by atoms with Crippen LogP contribution < -0.4 is 15.6 Å². The first kappa shape index (κ1) is 23.8. The quantitative estimate of drug-likeness (QED) is 0.534. The number of fused-ring (bicyclic) bond motifs is 1. The van der Waals surface area contributed by atoms with Crippen LogP contribution in [-0.4, -0.2) is 40.9 Å². The van der Waals surface area contributed by atoms with Crippen LogP contribution in [0.1, 0.15) is 35.2 Å². The van der Waals surface area contributed by atoms with Crippen LogP contribution in [0.2, 0.25) is 5.02 Å². The maximum absolute atomic E-state index is 12.8. The molecule has 0 bridgehead atoms. The summed E-state index contributed by atoms with van der Waals surface area (Å²) in [6.45, 7) is 2.76. The van der Waals surface area contributed by atoms with Crippen LogP contribution in [-0.2, 0) is 24.4 Å². The molecule has 7 nitrogen and oxygen atoms in total. The third-order valence-corrected chi connectivity index (χ3v) is 6.66. The van der Waals surface area contributed by atoms with Crippen molar-refractivity contribution in [2.45, 2.75) is 38.5 Å². The third-order valence-electron chi connectivity index (χ3n) is 6.44. The molecule has 2 aliphatic rings. The summed E-state index contributed by atoms with van der Waals surface area (Å²) in [5, 5.41) is 6.07. The monoisotopic (exact) mass is 492 g/mol. The average molecular weight is 493 g/mol. The third kappa shape index (κ3) is 6.00. The number of nitrogens with one attached hydrogen (secondary N) is 1. The second-order valence-corrected chi connectivity index (χ2v) is 9.45. The number of pyridine rings is 2. The summed E-state index contributed by atoms with van der Waals surface area (Å²) >= 11 is 5.87. The molecule has 0 unspecified atom stereocenters. The summed E-state index contributed by atoms with van der Waals surface area (Å²) in [4.78, 5) is 22.6. The van der Waals surface area contributed by atoms with Gasteiger partial charge < -0.3 is 10.1 Å². The van der Waals surface area contributed by atoms with E-state index in [-0.39, 0.29) is 12.2 Å². The van der Waals surface area contributed by atoms with E-state index in [1.54, 1.807) is 29.1 Å². The summed E-state index contributed by atoms with van der Waals surface area (Å²) in [6, 6.07) is 13.9. The molecule has 1 aliphatic heterocycles. The Morgan fingerprint density at radius 2 is 2.11 bits per heavy atom. The molecule has 5 rings (SSSR count). The molecule has 0 spiro atoms. The van der Waals surface area contributed by atoms with Crippen molar-refractivity contribution >= 4 is 23.4 Å². The predicted octanol–water partition coefficient (Wildman–Crippen LogP) is 4.15. The first-order chi connectivity index (χ1) is 17.0. The summed E-state index contributed by atoms with van der Waals surface area (Å²) in [5.74, 6) is 0.520. The predicted molar refractivity (Wildman–Crippen MR) is 137 cm³/mol. The van der Waals surface area contributed by atoms with E-state index in [1.807, 2.05) is 18.2 Å². The van der Waals surface area contributed by atoms with Crippen molar-refractivity contribution in [3.8, 4) is 5.75 Å². The summed E-state index contributed by atoms with van der Waals surface area (Å²) in [5.41, 5.74) is 5.38. The number of hydrogen-bond acceptors (Lipinski definition) is 6. The van der Waals surface area contributed by atoms with Crippen molar-refractivity contribution in [2.24, 2.45) is 0 Å². The molecule has 0 saturated carbocycles. The average Bonchev–Trinajstić information content (AvgIpc) is 2.88. The first-order valence-electron chi connectivity index (χ1n) is 11.9. The number of aryl methyl sites for hydroxylation is 1. The van der Waals surface area contributed by atoms with E-state index >= 15 is 0 Å². The lowest BCUT2D eigenvalue weighted by Crippen LogP contribution is -2.42. The molecule has 1 saturated heterocycles. The zero-order chi connectivity index (χ0) is 24.2. The molecule has 2 aromatic heterocycles. The number of allylic oxidation sites excluding steroid dienone is 1. The molecule has 0 radical (unpaired) electrons. The number of ether oxygens (including phenoxy) is 1. The summed E-state index contributed by atoms with van der Waals surface area (Å²) in [7, 11) is 1.97. The number of nitrogens with zero attached hydrogens (tertiary/aromatic N) is 3. The number of hydroxylamine groups is 2. The Kier molecular flexibility index (Phi) is 7.29. The SMILES string of the molecule is CN1CC[C@@H](NCc2ccc3c(c2)CCC(n2ccc(OCc4ccc(Cl)cn4)cc2=O)=C3)CO1. The largest absolute Gasteiger partial charge is 0.487 e. The fourth-order valence-corrected chi connectivity index (χ4v) is 4.51. The highest BCUT2D eigenvalue weighted by Gasteiger charge is 2.18. The summed E-state index contributed by atoms with van der Waals surface area (Å²) in [6.07, 6.45) is 8.27. The minimum atomic E-state index is -0.109. The molecule has 182 valence electrons. The molecule has 8 heteroatoms. The van der Waals surface area contributed by atoms with Crippen LogP contribution in [0.4, 0.5) is 0 Å². The topological polar surface area (TPSA) is 68.6 Å². The fraction of sp³-hybridized carbons (Fsp3) is 0.333. The van der Waals surface area contributed by atoms with Gasteiger partial charge in [0.15, 0.2) is 0 Å². The van der Waals surface area contributed by atoms with Crippen molar-refractivity contribution < 1.29 is 9.57 Å². The molecule has 0 amide bonds. The molecule has 1 aromatic carbocycles. The standard InChI is InChI=1S/C27H29ClN4O3/c1-31-10-8-24(18-35-31)29-15-19-2-3-21-13-25(7-4-20(21)12-19)32-11-9-26(14-27(32)33)34-17-23-6-5-22(28)16-30-23/h2-3,5-6,9,11-14,16,24,29H,4,7-8,10,15,17-18H2,1H3/t24-/m1/s1. The molecule has 1 aliphatic carbocycles. The Labute approximate surface area is 209 Å². The van der Waals surface area contributed by atoms with Crippen molar-refractivity contribution in [2.75, 3.05) is 20.2 Å². The van der Waals surface area contributed by atoms with Gasteiger partial charge in [0.05, 0.1) is 17.3 Å². The molecular formula is C27H29ClN4O3. The number of aromatic nitrogens is 2. The highest BCUT2D eigenvalue weighted by atomic mass is 35.5. The van der Waals surface area contributed by atoms with Gasteiger partial charge in [0.2, 0.25) is 0 Å². The van der Waals surface area contributed by atoms with E-state index in [0.717, 1.165) is 43.7 Å². The normalized spacial score (nSPS) is 18.1. The van der Waals surface area contributed by atoms with Crippen LogP contribution in [0.15, 0.2) is 59.7 Å². The van der Waals surface area contributed by atoms with Gasteiger partial charge in [0.1, 0.15) is 12.4 Å². The van der Waals surface area contributed by atoms with Crippen molar-refractivity contribution in [3.05, 3.63) is 92.6 Å². The maximum Gasteiger partial charge on any atom is 0.258 e. The van der Waals surface area contributed by atoms with Gasteiger partial charge in [-0.3, -0.25) is 19.2 Å². The fourth-order valence-electron chi connectivity index (χ4n) is 4.39.